The second-order valence-electron chi connectivity index (χ2n) is 8.27. The molecule has 1 aromatic heterocycles. The van der Waals surface area contributed by atoms with Crippen LogP contribution in [0.3, 0.4) is 0 Å². The Hall–Kier alpha value is -3.88. The van der Waals surface area contributed by atoms with Crippen molar-refractivity contribution in [1.29, 1.82) is 0 Å². The van der Waals surface area contributed by atoms with E-state index in [1.807, 2.05) is 30.3 Å². The van der Waals surface area contributed by atoms with Crippen LogP contribution in [0.4, 0.5) is 10.8 Å². The highest BCUT2D eigenvalue weighted by molar-refractivity contribution is 8.00. The van der Waals surface area contributed by atoms with Gasteiger partial charge in [0.1, 0.15) is 22.8 Å². The van der Waals surface area contributed by atoms with Crippen molar-refractivity contribution in [3.63, 3.8) is 0 Å². The van der Waals surface area contributed by atoms with E-state index in [1.165, 1.54) is 17.1 Å². The van der Waals surface area contributed by atoms with Crippen LogP contribution in [0, 0.1) is 0 Å². The summed E-state index contributed by atoms with van der Waals surface area (Å²) in [7, 11) is 0. The number of aliphatic carboxylic acids is 1. The molecule has 2 fully saturated rings. The van der Waals surface area contributed by atoms with E-state index in [2.05, 4.69) is 15.5 Å². The number of benzene rings is 1. The molecule has 3 aliphatic rings. The molecule has 15 heteroatoms. The number of thioether (sulfide) groups is 1. The average molecular weight is 577 g/mol. The Kier molecular flexibility index (Phi) is 7.76. The number of allylic oxidation sites excluding steroid dienone is 1. The number of thiazole rings is 1. The molecule has 0 saturated carbocycles. The maximum absolute atomic E-state index is 13.0. The molecule has 2 unspecified atom stereocenters. The van der Waals surface area contributed by atoms with E-state index < -0.39 is 34.9 Å². The van der Waals surface area contributed by atoms with Gasteiger partial charge in [-0.15, -0.1) is 35.5 Å². The number of amides is 3. The van der Waals surface area contributed by atoms with Gasteiger partial charge in [0.25, 0.3) is 17.7 Å². The Morgan fingerprint density at radius 1 is 1.24 bits per heavy atom. The molecule has 12 nitrogen and oxygen atoms in total. The number of carboxylic acid groups (broad SMARTS) is 1. The lowest BCUT2D eigenvalue weighted by molar-refractivity contribution is -0.150. The van der Waals surface area contributed by atoms with E-state index in [0.717, 1.165) is 21.9 Å². The van der Waals surface area contributed by atoms with Crippen molar-refractivity contribution >= 4 is 75.7 Å². The van der Waals surface area contributed by atoms with Crippen LogP contribution >= 0.6 is 35.5 Å². The summed E-state index contributed by atoms with van der Waals surface area (Å²) in [6, 6.07) is 8.14. The first kappa shape index (κ1) is 27.2. The summed E-state index contributed by atoms with van der Waals surface area (Å²) >= 11 is 2.31. The highest BCUT2D eigenvalue weighted by Crippen LogP contribution is 2.41. The summed E-state index contributed by atoms with van der Waals surface area (Å²) in [5.74, 6) is -2.78. The molecule has 5 N–H and O–H groups in total. The minimum absolute atomic E-state index is 0. The van der Waals surface area contributed by atoms with Crippen LogP contribution in [0.25, 0.3) is 0 Å². The number of carbonyl (C=O) groups excluding carboxylic acids is 3. The van der Waals surface area contributed by atoms with Crippen molar-refractivity contribution in [2.45, 2.75) is 17.8 Å². The van der Waals surface area contributed by atoms with E-state index in [4.69, 9.17) is 5.73 Å². The molecule has 2 aromatic rings. The lowest BCUT2D eigenvalue weighted by Crippen LogP contribution is -2.71. The fraction of sp³-hybridized carbons (Fsp3) is 0.217. The number of aromatic nitrogens is 1. The van der Waals surface area contributed by atoms with Crippen LogP contribution in [0.5, 0.6) is 0 Å². The number of carboxylic acids is 1. The molecule has 0 aliphatic carbocycles. The van der Waals surface area contributed by atoms with Gasteiger partial charge in [0.15, 0.2) is 10.8 Å². The van der Waals surface area contributed by atoms with Gasteiger partial charge in [0, 0.05) is 28.9 Å². The van der Waals surface area contributed by atoms with Crippen LogP contribution in [-0.2, 0) is 19.2 Å². The predicted molar refractivity (Wildman–Crippen MR) is 143 cm³/mol. The van der Waals surface area contributed by atoms with Gasteiger partial charge in [-0.05, 0) is 30.2 Å². The van der Waals surface area contributed by atoms with E-state index >= 15 is 0 Å². The maximum Gasteiger partial charge on any atom is 0.352 e. The molecule has 4 heterocycles. The number of hydrogen-bond acceptors (Lipinski definition) is 10. The number of rotatable bonds is 6. The van der Waals surface area contributed by atoms with Gasteiger partial charge >= 0.3 is 5.97 Å². The second kappa shape index (κ2) is 10.8. The Morgan fingerprint density at radius 2 is 1.97 bits per heavy atom. The third-order valence-electron chi connectivity index (χ3n) is 6.11. The fourth-order valence-electron chi connectivity index (χ4n) is 4.39. The first-order valence-electron chi connectivity index (χ1n) is 11.0. The smallest absolute Gasteiger partial charge is 0.352 e. The van der Waals surface area contributed by atoms with Crippen LogP contribution in [0.1, 0.15) is 12.1 Å². The number of carbonyl (C=O) groups is 4. The number of β-lactam (4-membered cyclic amide) rings is 1. The summed E-state index contributed by atoms with van der Waals surface area (Å²) in [5.41, 5.74) is 6.54. The van der Waals surface area contributed by atoms with E-state index in [0.29, 0.717) is 24.1 Å². The molecule has 1 aromatic carbocycles. The van der Waals surface area contributed by atoms with Crippen molar-refractivity contribution < 1.29 is 29.5 Å². The van der Waals surface area contributed by atoms with Crippen LogP contribution in [0.15, 0.2) is 63.8 Å². The third-order valence-corrected chi connectivity index (χ3v) is 8.08. The van der Waals surface area contributed by atoms with Crippen molar-refractivity contribution in [1.82, 2.24) is 15.2 Å². The summed E-state index contributed by atoms with van der Waals surface area (Å²) in [5, 5.41) is 25.6. The number of nitrogens with one attached hydrogen (secondary N) is 1. The second-order valence-corrected chi connectivity index (χ2v) is 10.3. The molecule has 198 valence electrons. The first-order valence-corrected chi connectivity index (χ1v) is 13.0. The number of para-hydroxylation sites is 1. The molecule has 0 radical (unpaired) electrons. The Morgan fingerprint density at radius 3 is 2.61 bits per heavy atom. The zero-order valence-electron chi connectivity index (χ0n) is 19.4. The molecule has 38 heavy (non-hydrogen) atoms. The van der Waals surface area contributed by atoms with Gasteiger partial charge in [-0.25, -0.2) is 9.78 Å². The molecule has 5 rings (SSSR count). The number of oxime groups is 1. The van der Waals surface area contributed by atoms with Gasteiger partial charge in [-0.3, -0.25) is 19.3 Å². The zero-order valence-corrected chi connectivity index (χ0v) is 21.9. The largest absolute Gasteiger partial charge is 0.477 e. The van der Waals surface area contributed by atoms with Gasteiger partial charge < -0.3 is 26.3 Å². The van der Waals surface area contributed by atoms with Gasteiger partial charge in [-0.1, -0.05) is 23.4 Å². The molecule has 0 spiro atoms. The van der Waals surface area contributed by atoms with E-state index in [1.54, 1.807) is 11.0 Å². The Balaban J connectivity index is 0.00000336. The van der Waals surface area contributed by atoms with Crippen molar-refractivity contribution in [2.75, 3.05) is 22.9 Å². The minimum atomic E-state index is -1.31. The third kappa shape index (κ3) is 4.73. The van der Waals surface area contributed by atoms with Crippen LogP contribution in [-0.4, -0.2) is 73.3 Å². The van der Waals surface area contributed by atoms with E-state index in [9.17, 15) is 29.5 Å². The Bertz CT molecular complexity index is 1410. The maximum atomic E-state index is 13.0. The summed E-state index contributed by atoms with van der Waals surface area (Å²) in [6.07, 6.45) is 2.00. The molecule has 3 aliphatic heterocycles. The molecule has 2 saturated heterocycles. The summed E-state index contributed by atoms with van der Waals surface area (Å²) in [4.78, 5) is 57.4. The zero-order chi connectivity index (χ0) is 26.3. The molecule has 3 amide bonds. The lowest BCUT2D eigenvalue weighted by Gasteiger charge is -2.49. The molecular weight excluding hydrogens is 556 g/mol. The summed E-state index contributed by atoms with van der Waals surface area (Å²) < 4.78 is 0. The number of halogens is 1. The number of fused-ring (bicyclic) bond motifs is 1. The Labute approximate surface area is 230 Å². The normalized spacial score (nSPS) is 22.2. The lowest BCUT2D eigenvalue weighted by atomic mass is 10.0. The minimum Gasteiger partial charge on any atom is -0.477 e. The summed E-state index contributed by atoms with van der Waals surface area (Å²) in [6.45, 7) is 0.469. The first-order chi connectivity index (χ1) is 17.8. The van der Waals surface area contributed by atoms with Crippen LogP contribution < -0.4 is 16.0 Å². The highest BCUT2D eigenvalue weighted by Gasteiger charge is 2.54. The standard InChI is InChI=1S/C23H20N6O6S2.ClH/c24-23-25-14(10-37-23)15(27-35)18(30)26-16-20(32)29-17(22(33)34)12(9-36-21(16)29)8-11-6-7-28(19(11)31)13-4-2-1-3-5-13;/h1-5,8,10,16,21,35H,6-7,9H2,(H2,24,25)(H,26,30)(H,33,34);1H. The average Bonchev–Trinajstić information content (AvgIpc) is 3.48. The molecule has 0 bridgehead atoms. The van der Waals surface area contributed by atoms with Crippen LogP contribution in [0.2, 0.25) is 0 Å². The van der Waals surface area contributed by atoms with E-state index in [-0.39, 0.29) is 40.6 Å². The predicted octanol–water partition coefficient (Wildman–Crippen LogP) is 1.43. The quantitative estimate of drug-likeness (QED) is 0.130. The van der Waals surface area contributed by atoms with Crippen molar-refractivity contribution in [3.05, 3.63) is 64.3 Å². The number of nitrogen functional groups attached to an aromatic ring is 1. The fourth-order valence-corrected chi connectivity index (χ4v) is 6.24. The number of hydrogen-bond donors (Lipinski definition) is 4. The molecule has 2 atom stereocenters. The number of nitrogens with zero attached hydrogens (tertiary/aromatic N) is 4. The van der Waals surface area contributed by atoms with Crippen molar-refractivity contribution in [3.8, 4) is 0 Å². The highest BCUT2D eigenvalue weighted by atomic mass is 35.5. The molecular formula is C23H21ClN6O6S2. The van der Waals surface area contributed by atoms with Gasteiger partial charge in [-0.2, -0.15) is 0 Å². The van der Waals surface area contributed by atoms with Gasteiger partial charge in [0.2, 0.25) is 0 Å². The number of nitrogens with two attached hydrogens (primary N) is 1. The topological polar surface area (TPSA) is 179 Å². The monoisotopic (exact) mass is 576 g/mol. The van der Waals surface area contributed by atoms with Crippen molar-refractivity contribution in [2.24, 2.45) is 5.16 Å². The van der Waals surface area contributed by atoms with Gasteiger partial charge in [0.05, 0.1) is 0 Å². The number of anilines is 2. The SMILES string of the molecule is Cl.Nc1nc(C(=NO)C(=O)NC2C(=O)N3C(C(=O)O)=C(C=C4CCN(c5ccccc5)C4=O)CSC23)cs1.